The summed E-state index contributed by atoms with van der Waals surface area (Å²) in [6, 6.07) is 7.86. The molecule has 2 N–H and O–H groups in total. The molecule has 0 unspecified atom stereocenters. The fourth-order valence-corrected chi connectivity index (χ4v) is 4.53. The van der Waals surface area contributed by atoms with Gasteiger partial charge in [0.05, 0.1) is 4.90 Å². The molecule has 1 aromatic heterocycles. The van der Waals surface area contributed by atoms with Crippen molar-refractivity contribution < 1.29 is 13.2 Å². The van der Waals surface area contributed by atoms with Gasteiger partial charge in [-0.1, -0.05) is 26.3 Å². The SMILES string of the molecule is CC(C)Cc1cc(C(=O)Nc2cccc(S(=O)(=O)/N=C3/CCCCCN3C)c2)n[nH]1. The number of aromatic nitrogens is 2. The summed E-state index contributed by atoms with van der Waals surface area (Å²) in [5.41, 5.74) is 1.53. The van der Waals surface area contributed by atoms with E-state index in [0.717, 1.165) is 37.9 Å². The molecule has 30 heavy (non-hydrogen) atoms. The van der Waals surface area contributed by atoms with Crippen molar-refractivity contribution >= 4 is 27.5 Å². The number of carbonyl (C=O) groups is 1. The molecule has 3 rings (SSSR count). The van der Waals surface area contributed by atoms with Crippen LogP contribution < -0.4 is 5.32 Å². The molecule has 9 heteroatoms. The van der Waals surface area contributed by atoms with Gasteiger partial charge in [-0.05, 0) is 49.4 Å². The minimum Gasteiger partial charge on any atom is -0.362 e. The van der Waals surface area contributed by atoms with Crippen LogP contribution in [0.2, 0.25) is 0 Å². The number of carbonyl (C=O) groups excluding carboxylic acids is 1. The number of nitrogens with zero attached hydrogens (tertiary/aromatic N) is 3. The van der Waals surface area contributed by atoms with Crippen molar-refractivity contribution in [2.45, 2.75) is 50.8 Å². The minimum atomic E-state index is -3.87. The number of rotatable bonds is 6. The highest BCUT2D eigenvalue weighted by molar-refractivity contribution is 7.90. The molecule has 8 nitrogen and oxygen atoms in total. The number of sulfonamides is 1. The first-order chi connectivity index (χ1) is 14.2. The molecule has 0 spiro atoms. The molecule has 0 saturated carbocycles. The Morgan fingerprint density at radius 2 is 2.07 bits per heavy atom. The van der Waals surface area contributed by atoms with Gasteiger partial charge in [0.2, 0.25) is 0 Å². The Morgan fingerprint density at radius 3 is 2.83 bits per heavy atom. The molecule has 2 heterocycles. The van der Waals surface area contributed by atoms with Crippen LogP contribution in [0.15, 0.2) is 39.6 Å². The number of likely N-dealkylation sites (tertiary alicyclic amines) is 1. The number of hydrogen-bond acceptors (Lipinski definition) is 4. The van der Waals surface area contributed by atoms with E-state index in [1.54, 1.807) is 18.2 Å². The van der Waals surface area contributed by atoms with Crippen LogP contribution in [0.4, 0.5) is 5.69 Å². The number of hydrogen-bond donors (Lipinski definition) is 2. The largest absolute Gasteiger partial charge is 0.362 e. The molecule has 1 aliphatic heterocycles. The van der Waals surface area contributed by atoms with Crippen LogP contribution in [0.3, 0.4) is 0 Å². The Hall–Kier alpha value is -2.68. The summed E-state index contributed by atoms with van der Waals surface area (Å²) in [5, 5.41) is 9.63. The second-order valence-corrected chi connectivity index (χ2v) is 9.68. The molecule has 1 aromatic carbocycles. The summed E-state index contributed by atoms with van der Waals surface area (Å²) in [6.07, 6.45) is 4.46. The maximum atomic E-state index is 12.8. The number of amides is 1. The fraction of sp³-hybridized carbons (Fsp3) is 0.476. The van der Waals surface area contributed by atoms with Crippen LogP contribution in [0.25, 0.3) is 0 Å². The standard InChI is InChI=1S/C21H29N5O3S/c1-15(2)12-17-14-19(24-23-17)21(27)22-16-8-7-9-18(13-16)30(28,29)25-20-10-5-4-6-11-26(20)3/h7-9,13-15H,4-6,10-12H2,1-3H3,(H,22,27)(H,23,24)/b25-20-. The van der Waals surface area contributed by atoms with E-state index in [1.165, 1.54) is 12.1 Å². The molecule has 0 aliphatic carbocycles. The van der Waals surface area contributed by atoms with Gasteiger partial charge in [0, 0.05) is 31.4 Å². The van der Waals surface area contributed by atoms with Gasteiger partial charge in [0.15, 0.2) is 5.69 Å². The predicted octanol–water partition coefficient (Wildman–Crippen LogP) is 3.45. The predicted molar refractivity (Wildman–Crippen MR) is 117 cm³/mol. The Labute approximate surface area is 177 Å². The normalized spacial score (nSPS) is 16.7. The van der Waals surface area contributed by atoms with Gasteiger partial charge >= 0.3 is 0 Å². The van der Waals surface area contributed by atoms with Crippen molar-refractivity contribution in [2.24, 2.45) is 10.3 Å². The average Bonchev–Trinajstić information content (AvgIpc) is 3.05. The number of H-pyrrole nitrogens is 1. The van der Waals surface area contributed by atoms with Gasteiger partial charge < -0.3 is 10.2 Å². The lowest BCUT2D eigenvalue weighted by Gasteiger charge is -2.17. The summed E-state index contributed by atoms with van der Waals surface area (Å²) < 4.78 is 29.7. The lowest BCUT2D eigenvalue weighted by atomic mass is 10.1. The molecular formula is C21H29N5O3S. The van der Waals surface area contributed by atoms with Crippen molar-refractivity contribution in [1.82, 2.24) is 15.1 Å². The van der Waals surface area contributed by atoms with Gasteiger partial charge in [0.1, 0.15) is 5.84 Å². The lowest BCUT2D eigenvalue weighted by molar-refractivity contribution is 0.102. The van der Waals surface area contributed by atoms with E-state index in [4.69, 9.17) is 0 Å². The van der Waals surface area contributed by atoms with Gasteiger partial charge in [-0.2, -0.15) is 13.5 Å². The first-order valence-electron chi connectivity index (χ1n) is 10.3. The van der Waals surface area contributed by atoms with Gasteiger partial charge in [-0.25, -0.2) is 0 Å². The van der Waals surface area contributed by atoms with E-state index >= 15 is 0 Å². The highest BCUT2D eigenvalue weighted by Crippen LogP contribution is 2.20. The summed E-state index contributed by atoms with van der Waals surface area (Å²) in [6.45, 7) is 4.97. The van der Waals surface area contributed by atoms with Crippen LogP contribution >= 0.6 is 0 Å². The van der Waals surface area contributed by atoms with Crippen molar-refractivity contribution in [3.05, 3.63) is 41.7 Å². The highest BCUT2D eigenvalue weighted by atomic mass is 32.2. The topological polar surface area (TPSA) is 108 Å². The summed E-state index contributed by atoms with van der Waals surface area (Å²) in [5.74, 6) is 0.624. The third kappa shape index (κ3) is 5.69. The molecule has 162 valence electrons. The fourth-order valence-electron chi connectivity index (χ4n) is 3.39. The second-order valence-electron chi connectivity index (χ2n) is 8.07. The van der Waals surface area contributed by atoms with Gasteiger partial charge in [-0.3, -0.25) is 9.89 Å². The molecule has 0 radical (unpaired) electrons. The molecule has 0 atom stereocenters. The molecule has 0 bridgehead atoms. The Morgan fingerprint density at radius 1 is 1.27 bits per heavy atom. The van der Waals surface area contributed by atoms with E-state index in [-0.39, 0.29) is 10.6 Å². The number of anilines is 1. The molecule has 2 aromatic rings. The minimum absolute atomic E-state index is 0.0490. The Bertz CT molecular complexity index is 1030. The zero-order valence-corrected chi connectivity index (χ0v) is 18.5. The first kappa shape index (κ1) is 22.0. The summed E-state index contributed by atoms with van der Waals surface area (Å²) in [7, 11) is -2.00. The lowest BCUT2D eigenvalue weighted by Crippen LogP contribution is -2.26. The van der Waals surface area contributed by atoms with Crippen LogP contribution in [0.5, 0.6) is 0 Å². The van der Waals surface area contributed by atoms with Gasteiger partial charge in [0.25, 0.3) is 15.9 Å². The van der Waals surface area contributed by atoms with E-state index in [9.17, 15) is 13.2 Å². The maximum absolute atomic E-state index is 12.8. The zero-order valence-electron chi connectivity index (χ0n) is 17.7. The highest BCUT2D eigenvalue weighted by Gasteiger charge is 2.19. The van der Waals surface area contributed by atoms with E-state index < -0.39 is 15.9 Å². The Kier molecular flexibility index (Phi) is 6.91. The number of benzene rings is 1. The van der Waals surface area contributed by atoms with Crippen molar-refractivity contribution in [3.63, 3.8) is 0 Å². The first-order valence-corrected chi connectivity index (χ1v) is 11.7. The van der Waals surface area contributed by atoms with Crippen molar-refractivity contribution in [1.29, 1.82) is 0 Å². The van der Waals surface area contributed by atoms with E-state index in [2.05, 4.69) is 33.8 Å². The molecule has 1 amide bonds. The molecule has 1 aliphatic rings. The third-order valence-electron chi connectivity index (χ3n) is 4.94. The smallest absolute Gasteiger partial charge is 0.284 e. The van der Waals surface area contributed by atoms with Crippen LogP contribution in [-0.4, -0.2) is 48.9 Å². The summed E-state index contributed by atoms with van der Waals surface area (Å²) in [4.78, 5) is 14.4. The number of aromatic amines is 1. The molecule has 1 fully saturated rings. The number of amidine groups is 1. The average molecular weight is 432 g/mol. The maximum Gasteiger partial charge on any atom is 0.284 e. The van der Waals surface area contributed by atoms with E-state index in [0.29, 0.717) is 23.9 Å². The van der Waals surface area contributed by atoms with Crippen molar-refractivity contribution in [3.8, 4) is 0 Å². The second kappa shape index (κ2) is 9.42. The van der Waals surface area contributed by atoms with Crippen molar-refractivity contribution in [2.75, 3.05) is 18.9 Å². The molecule has 1 saturated heterocycles. The Balaban J connectivity index is 1.76. The van der Waals surface area contributed by atoms with E-state index in [1.807, 2.05) is 11.9 Å². The third-order valence-corrected chi connectivity index (χ3v) is 6.24. The monoisotopic (exact) mass is 431 g/mol. The molecular weight excluding hydrogens is 402 g/mol. The van der Waals surface area contributed by atoms with Crippen LogP contribution in [-0.2, 0) is 16.4 Å². The van der Waals surface area contributed by atoms with Gasteiger partial charge in [-0.15, -0.1) is 4.40 Å². The quantitative estimate of drug-likeness (QED) is 0.728. The zero-order chi connectivity index (χ0) is 21.7. The number of nitrogens with one attached hydrogen (secondary N) is 2. The van der Waals surface area contributed by atoms with Crippen LogP contribution in [0.1, 0.15) is 55.7 Å². The summed E-state index contributed by atoms with van der Waals surface area (Å²) >= 11 is 0. The van der Waals surface area contributed by atoms with Crippen LogP contribution in [0, 0.1) is 5.92 Å².